The minimum absolute atomic E-state index is 0.912. The Balaban J connectivity index is 1.93. The summed E-state index contributed by atoms with van der Waals surface area (Å²) in [4.78, 5) is 0. The van der Waals surface area contributed by atoms with Gasteiger partial charge in [-0.1, -0.05) is 30.4 Å². The SMILES string of the molecule is C1=CCC(C2=C(C3CC3)C=CC2)=C1. The summed E-state index contributed by atoms with van der Waals surface area (Å²) in [5.41, 5.74) is 4.84. The molecule has 0 atom stereocenters. The van der Waals surface area contributed by atoms with Crippen molar-refractivity contribution in [2.45, 2.75) is 25.7 Å². The number of hydrogen-bond donors (Lipinski definition) is 0. The zero-order valence-corrected chi connectivity index (χ0v) is 7.79. The fourth-order valence-corrected chi connectivity index (χ4v) is 2.29. The fourth-order valence-electron chi connectivity index (χ4n) is 2.29. The van der Waals surface area contributed by atoms with Crippen LogP contribution in [0, 0.1) is 5.92 Å². The van der Waals surface area contributed by atoms with Gasteiger partial charge in [0.15, 0.2) is 0 Å². The third kappa shape index (κ3) is 1.21. The van der Waals surface area contributed by atoms with Gasteiger partial charge in [0.05, 0.1) is 0 Å². The van der Waals surface area contributed by atoms with Crippen molar-refractivity contribution in [3.63, 3.8) is 0 Å². The van der Waals surface area contributed by atoms with Crippen molar-refractivity contribution in [2.24, 2.45) is 5.92 Å². The Kier molecular flexibility index (Phi) is 1.55. The van der Waals surface area contributed by atoms with Crippen molar-refractivity contribution in [3.05, 3.63) is 47.1 Å². The molecule has 1 fully saturated rings. The monoisotopic (exact) mass is 170 g/mol. The Hall–Kier alpha value is -1.04. The van der Waals surface area contributed by atoms with Crippen LogP contribution >= 0.6 is 0 Å². The van der Waals surface area contributed by atoms with Crippen molar-refractivity contribution >= 4 is 0 Å². The smallest absolute Gasteiger partial charge is 0.00885 e. The second kappa shape index (κ2) is 2.73. The summed E-state index contributed by atoms with van der Waals surface area (Å²) in [5, 5.41) is 0. The topological polar surface area (TPSA) is 0 Å². The van der Waals surface area contributed by atoms with Crippen LogP contribution < -0.4 is 0 Å². The maximum Gasteiger partial charge on any atom is -0.00885 e. The Labute approximate surface area is 79.3 Å². The van der Waals surface area contributed by atoms with E-state index in [1.165, 1.54) is 19.3 Å². The molecule has 0 saturated heterocycles. The average Bonchev–Trinajstić information content (AvgIpc) is 2.72. The zero-order valence-electron chi connectivity index (χ0n) is 7.79. The molecule has 0 heteroatoms. The molecule has 0 amide bonds. The van der Waals surface area contributed by atoms with Crippen LogP contribution in [0.1, 0.15) is 25.7 Å². The van der Waals surface area contributed by atoms with E-state index in [1.807, 2.05) is 0 Å². The van der Waals surface area contributed by atoms with Gasteiger partial charge in [-0.25, -0.2) is 0 Å². The van der Waals surface area contributed by atoms with Crippen molar-refractivity contribution in [1.29, 1.82) is 0 Å². The minimum Gasteiger partial charge on any atom is -0.0801 e. The van der Waals surface area contributed by atoms with Gasteiger partial charge >= 0.3 is 0 Å². The lowest BCUT2D eigenvalue weighted by atomic mass is 9.98. The van der Waals surface area contributed by atoms with Crippen LogP contribution in [0.15, 0.2) is 47.1 Å². The van der Waals surface area contributed by atoms with E-state index in [0.717, 1.165) is 12.3 Å². The second-order valence-electron chi connectivity index (χ2n) is 4.14. The lowest BCUT2D eigenvalue weighted by molar-refractivity contribution is 1.02. The predicted octanol–water partition coefficient (Wildman–Crippen LogP) is 3.54. The van der Waals surface area contributed by atoms with Gasteiger partial charge in [0.1, 0.15) is 0 Å². The molecule has 3 aliphatic carbocycles. The molecule has 3 rings (SSSR count). The van der Waals surface area contributed by atoms with Crippen molar-refractivity contribution in [1.82, 2.24) is 0 Å². The van der Waals surface area contributed by atoms with E-state index in [0.29, 0.717) is 0 Å². The molecule has 3 aliphatic rings. The van der Waals surface area contributed by atoms with Gasteiger partial charge in [-0.2, -0.15) is 0 Å². The fraction of sp³-hybridized carbons (Fsp3) is 0.385. The maximum absolute atomic E-state index is 2.35. The molecule has 0 N–H and O–H groups in total. The number of hydrogen-bond acceptors (Lipinski definition) is 0. The van der Waals surface area contributed by atoms with E-state index >= 15 is 0 Å². The molecule has 66 valence electrons. The van der Waals surface area contributed by atoms with Crippen molar-refractivity contribution in [3.8, 4) is 0 Å². The first-order chi connectivity index (χ1) is 6.45. The molecule has 1 saturated carbocycles. The van der Waals surface area contributed by atoms with Gasteiger partial charge in [0.2, 0.25) is 0 Å². The summed E-state index contributed by atoms with van der Waals surface area (Å²) >= 11 is 0. The molecule has 0 radical (unpaired) electrons. The Bertz CT molecular complexity index is 346. The first kappa shape index (κ1) is 7.37. The quantitative estimate of drug-likeness (QED) is 0.594. The summed E-state index contributed by atoms with van der Waals surface area (Å²) in [7, 11) is 0. The van der Waals surface area contributed by atoms with Gasteiger partial charge in [0.25, 0.3) is 0 Å². The molecule has 0 aromatic heterocycles. The first-order valence-corrected chi connectivity index (χ1v) is 5.21. The largest absolute Gasteiger partial charge is 0.0801 e. The molecule has 0 bridgehead atoms. The maximum atomic E-state index is 2.35. The molecule has 0 aliphatic heterocycles. The highest BCUT2D eigenvalue weighted by atomic mass is 14.3. The van der Waals surface area contributed by atoms with Crippen LogP contribution in [0.4, 0.5) is 0 Å². The number of rotatable bonds is 2. The standard InChI is InChI=1S/C13H14/c1-2-5-10(4-1)12-6-3-7-13(12)11-8-9-11/h1-4,7,11H,5-6,8-9H2. The Morgan fingerprint density at radius 2 is 2.00 bits per heavy atom. The summed E-state index contributed by atoms with van der Waals surface area (Å²) in [6.45, 7) is 0. The van der Waals surface area contributed by atoms with E-state index < -0.39 is 0 Å². The number of allylic oxidation sites excluding steroid dienone is 8. The van der Waals surface area contributed by atoms with E-state index in [4.69, 9.17) is 0 Å². The van der Waals surface area contributed by atoms with Gasteiger partial charge in [-0.05, 0) is 48.3 Å². The molecular formula is C13H14. The summed E-state index contributed by atoms with van der Waals surface area (Å²) < 4.78 is 0. The van der Waals surface area contributed by atoms with Crippen LogP contribution in [0.2, 0.25) is 0 Å². The minimum atomic E-state index is 0.912. The lowest BCUT2D eigenvalue weighted by Crippen LogP contribution is -1.89. The molecule has 13 heavy (non-hydrogen) atoms. The summed E-state index contributed by atoms with van der Waals surface area (Å²) in [5.74, 6) is 0.912. The predicted molar refractivity (Wildman–Crippen MR) is 55.3 cm³/mol. The summed E-state index contributed by atoms with van der Waals surface area (Å²) in [6, 6.07) is 0. The second-order valence-corrected chi connectivity index (χ2v) is 4.14. The van der Waals surface area contributed by atoms with Crippen LogP contribution in [0.25, 0.3) is 0 Å². The first-order valence-electron chi connectivity index (χ1n) is 5.21. The van der Waals surface area contributed by atoms with Crippen LogP contribution in [-0.2, 0) is 0 Å². The van der Waals surface area contributed by atoms with E-state index in [9.17, 15) is 0 Å². The third-order valence-electron chi connectivity index (χ3n) is 3.14. The molecule has 0 nitrogen and oxygen atoms in total. The van der Waals surface area contributed by atoms with E-state index in [-0.39, 0.29) is 0 Å². The molecular weight excluding hydrogens is 156 g/mol. The van der Waals surface area contributed by atoms with Gasteiger partial charge in [-0.3, -0.25) is 0 Å². The lowest BCUT2D eigenvalue weighted by Gasteiger charge is -2.06. The summed E-state index contributed by atoms with van der Waals surface area (Å²) in [6.07, 6.45) is 16.6. The van der Waals surface area contributed by atoms with Crippen molar-refractivity contribution < 1.29 is 0 Å². The third-order valence-corrected chi connectivity index (χ3v) is 3.14. The normalized spacial score (nSPS) is 26.0. The molecule has 0 aromatic rings. The van der Waals surface area contributed by atoms with Crippen molar-refractivity contribution in [2.75, 3.05) is 0 Å². The van der Waals surface area contributed by atoms with E-state index in [2.05, 4.69) is 30.4 Å². The highest BCUT2D eigenvalue weighted by Crippen LogP contribution is 2.44. The van der Waals surface area contributed by atoms with Crippen LogP contribution in [0.3, 0.4) is 0 Å². The molecule has 0 unspecified atom stereocenters. The Morgan fingerprint density at radius 1 is 1.08 bits per heavy atom. The molecule has 0 spiro atoms. The van der Waals surface area contributed by atoms with Gasteiger partial charge in [-0.15, -0.1) is 0 Å². The average molecular weight is 170 g/mol. The molecule has 0 heterocycles. The van der Waals surface area contributed by atoms with Crippen LogP contribution in [-0.4, -0.2) is 0 Å². The van der Waals surface area contributed by atoms with Gasteiger partial charge < -0.3 is 0 Å². The Morgan fingerprint density at radius 3 is 2.69 bits per heavy atom. The van der Waals surface area contributed by atoms with Gasteiger partial charge in [0, 0.05) is 0 Å². The van der Waals surface area contributed by atoms with Crippen LogP contribution in [0.5, 0.6) is 0 Å². The highest BCUT2D eigenvalue weighted by Gasteiger charge is 2.29. The van der Waals surface area contributed by atoms with E-state index in [1.54, 1.807) is 16.7 Å². The molecule has 0 aromatic carbocycles. The zero-order chi connectivity index (χ0) is 8.67. The highest BCUT2D eigenvalue weighted by molar-refractivity contribution is 5.51.